The zero-order chi connectivity index (χ0) is 8.97. The molecule has 0 aliphatic rings. The van der Waals surface area contributed by atoms with E-state index in [4.69, 9.17) is 5.11 Å². The van der Waals surface area contributed by atoms with Crippen LogP contribution in [0, 0.1) is 0 Å². The molecule has 0 spiro atoms. The summed E-state index contributed by atoms with van der Waals surface area (Å²) in [5.41, 5.74) is 0. The van der Waals surface area contributed by atoms with Crippen LogP contribution < -0.4 is 5.30 Å². The van der Waals surface area contributed by atoms with Crippen LogP contribution >= 0.6 is 7.80 Å². The van der Waals surface area contributed by atoms with Crippen molar-refractivity contribution in [2.75, 3.05) is 6.16 Å². The van der Waals surface area contributed by atoms with Gasteiger partial charge in [-0.1, -0.05) is 22.8 Å². The summed E-state index contributed by atoms with van der Waals surface area (Å²) >= 11 is 0. The average molecular weight is 183 g/mol. The monoisotopic (exact) mass is 183 g/mol. The van der Waals surface area contributed by atoms with Crippen molar-refractivity contribution in [1.29, 1.82) is 0 Å². The Kier molecular flexibility index (Phi) is 2.94. The maximum atomic E-state index is 11.2. The highest BCUT2D eigenvalue weighted by atomic mass is 31.1. The Morgan fingerprint density at radius 1 is 1.33 bits per heavy atom. The molecule has 62 valence electrons. The van der Waals surface area contributed by atoms with Gasteiger partial charge in [-0.05, 0) is 12.1 Å². The van der Waals surface area contributed by atoms with Crippen LogP contribution in [0.4, 0.5) is 0 Å². The maximum Gasteiger partial charge on any atom is 0.388 e. The molecule has 12 heavy (non-hydrogen) atoms. The third-order valence-corrected chi connectivity index (χ3v) is 2.75. The third-order valence-electron chi connectivity index (χ3n) is 1.32. The lowest BCUT2D eigenvalue weighted by Gasteiger charge is -1.84. The third kappa shape index (κ3) is 2.44. The second-order valence-corrected chi connectivity index (χ2v) is 3.86. The van der Waals surface area contributed by atoms with Gasteiger partial charge >= 0.3 is 13.8 Å². The zero-order valence-electron chi connectivity index (χ0n) is 6.30. The summed E-state index contributed by atoms with van der Waals surface area (Å²) in [6.07, 6.45) is -0.292. The van der Waals surface area contributed by atoms with Gasteiger partial charge in [-0.2, -0.15) is 0 Å². The maximum absolute atomic E-state index is 11.2. The molecule has 0 saturated heterocycles. The van der Waals surface area contributed by atoms with Gasteiger partial charge in [0.05, 0.1) is 0 Å². The highest BCUT2D eigenvalue weighted by Crippen LogP contribution is 2.18. The van der Waals surface area contributed by atoms with Crippen molar-refractivity contribution in [2.24, 2.45) is 0 Å². The molecular weight excluding hydrogens is 175 g/mol. The second-order valence-electron chi connectivity index (χ2n) is 2.27. The Morgan fingerprint density at radius 3 is 2.42 bits per heavy atom. The molecule has 1 rings (SSSR count). The fraction of sp³-hybridized carbons (Fsp3) is 0.125. The van der Waals surface area contributed by atoms with E-state index in [9.17, 15) is 9.36 Å². The van der Waals surface area contributed by atoms with E-state index in [0.717, 1.165) is 0 Å². The summed E-state index contributed by atoms with van der Waals surface area (Å²) in [6.45, 7) is 0. The Morgan fingerprint density at radius 2 is 1.92 bits per heavy atom. The quantitative estimate of drug-likeness (QED) is 0.717. The zero-order valence-corrected chi connectivity index (χ0v) is 7.20. The molecule has 1 atom stereocenters. The predicted molar refractivity (Wildman–Crippen MR) is 46.2 cm³/mol. The van der Waals surface area contributed by atoms with Gasteiger partial charge in [-0.25, -0.2) is 4.79 Å². The summed E-state index contributed by atoms with van der Waals surface area (Å²) in [4.78, 5) is 10.2. The second kappa shape index (κ2) is 3.98. The minimum atomic E-state index is -1.76. The smallest absolute Gasteiger partial charge is 0.388 e. The molecule has 0 heterocycles. The van der Waals surface area contributed by atoms with Gasteiger partial charge in [0.25, 0.3) is 0 Å². The minimum Gasteiger partial charge on any atom is -0.478 e. The lowest BCUT2D eigenvalue weighted by molar-refractivity contribution is -0.134. The summed E-state index contributed by atoms with van der Waals surface area (Å²) < 4.78 is 11.2. The van der Waals surface area contributed by atoms with Crippen molar-refractivity contribution in [3.63, 3.8) is 0 Å². The topological polar surface area (TPSA) is 54.4 Å². The fourth-order valence-corrected chi connectivity index (χ4v) is 1.74. The molecule has 0 bridgehead atoms. The van der Waals surface area contributed by atoms with Gasteiger partial charge in [0.1, 0.15) is 0 Å². The van der Waals surface area contributed by atoms with Crippen molar-refractivity contribution in [2.45, 2.75) is 0 Å². The van der Waals surface area contributed by atoms with Gasteiger partial charge in [0.15, 0.2) is 5.30 Å². The van der Waals surface area contributed by atoms with Crippen LogP contribution in [0.15, 0.2) is 30.3 Å². The number of benzene rings is 1. The number of carboxylic acids is 1. The summed E-state index contributed by atoms with van der Waals surface area (Å²) in [5, 5.41) is 8.95. The Bertz CT molecular complexity index is 294. The van der Waals surface area contributed by atoms with Gasteiger partial charge in [-0.3, -0.25) is 0 Å². The van der Waals surface area contributed by atoms with Gasteiger partial charge in [-0.15, -0.1) is 0 Å². The SMILES string of the molecule is O=C(O)C[P+](=O)c1ccccc1. The Hall–Kier alpha value is -1.21. The highest BCUT2D eigenvalue weighted by Gasteiger charge is 2.22. The van der Waals surface area contributed by atoms with Crippen LogP contribution in [-0.2, 0) is 9.36 Å². The first-order valence-corrected chi connectivity index (χ1v) is 4.86. The molecule has 4 heteroatoms. The molecule has 1 aromatic carbocycles. The number of hydrogen-bond donors (Lipinski definition) is 1. The van der Waals surface area contributed by atoms with E-state index < -0.39 is 13.8 Å². The predicted octanol–water partition coefficient (Wildman–Crippen LogP) is 1.22. The van der Waals surface area contributed by atoms with Crippen molar-refractivity contribution in [3.05, 3.63) is 30.3 Å². The van der Waals surface area contributed by atoms with Crippen molar-refractivity contribution in [3.8, 4) is 0 Å². The number of carboxylic acid groups (broad SMARTS) is 1. The molecule has 1 aromatic rings. The minimum absolute atomic E-state index is 0.292. The molecule has 1 unspecified atom stereocenters. The van der Waals surface area contributed by atoms with Gasteiger partial charge in [0, 0.05) is 0 Å². The average Bonchev–Trinajstić information content (AvgIpc) is 2.05. The fourth-order valence-electron chi connectivity index (χ4n) is 0.808. The van der Waals surface area contributed by atoms with Crippen LogP contribution in [0.5, 0.6) is 0 Å². The van der Waals surface area contributed by atoms with E-state index in [1.807, 2.05) is 0 Å². The molecule has 0 aliphatic carbocycles. The van der Waals surface area contributed by atoms with Crippen LogP contribution in [0.25, 0.3) is 0 Å². The molecular formula is C8H8O3P+. The number of hydrogen-bond acceptors (Lipinski definition) is 2. The van der Waals surface area contributed by atoms with Gasteiger partial charge in [0.2, 0.25) is 6.16 Å². The molecule has 0 radical (unpaired) electrons. The first kappa shape index (κ1) is 8.88. The molecule has 0 amide bonds. The number of rotatable bonds is 3. The lowest BCUT2D eigenvalue weighted by Crippen LogP contribution is -2.04. The molecule has 0 aliphatic heterocycles. The first-order valence-electron chi connectivity index (χ1n) is 3.41. The van der Waals surface area contributed by atoms with Crippen molar-refractivity contribution >= 4 is 19.1 Å². The summed E-state index contributed by atoms with van der Waals surface area (Å²) in [5.74, 6) is -1.03. The van der Waals surface area contributed by atoms with Crippen LogP contribution in [0.3, 0.4) is 0 Å². The molecule has 1 N–H and O–H groups in total. The molecule has 0 fully saturated rings. The van der Waals surface area contributed by atoms with Crippen molar-refractivity contribution in [1.82, 2.24) is 0 Å². The van der Waals surface area contributed by atoms with Crippen LogP contribution in [0.2, 0.25) is 0 Å². The standard InChI is InChI=1S/C8H7O3P/c9-8(10)6-12(11)7-4-2-1-3-5-7/h1-5H,6H2/p+1. The molecule has 0 aromatic heterocycles. The molecule has 3 nitrogen and oxygen atoms in total. The highest BCUT2D eigenvalue weighted by molar-refractivity contribution is 7.54. The Balaban J connectivity index is 2.73. The Labute approximate surface area is 70.8 Å². The normalized spacial score (nSPS) is 10.8. The summed E-state index contributed by atoms with van der Waals surface area (Å²) in [7, 11) is -1.76. The van der Waals surface area contributed by atoms with E-state index in [-0.39, 0.29) is 6.16 Å². The lowest BCUT2D eigenvalue weighted by atomic mass is 10.4. The molecule has 0 saturated carbocycles. The van der Waals surface area contributed by atoms with Crippen molar-refractivity contribution < 1.29 is 14.5 Å². The van der Waals surface area contributed by atoms with E-state index >= 15 is 0 Å². The van der Waals surface area contributed by atoms with Gasteiger partial charge < -0.3 is 5.11 Å². The van der Waals surface area contributed by atoms with E-state index in [1.165, 1.54) is 0 Å². The number of carbonyl (C=O) groups is 1. The summed E-state index contributed by atoms with van der Waals surface area (Å²) in [6, 6.07) is 8.62. The van der Waals surface area contributed by atoms with E-state index in [1.54, 1.807) is 30.3 Å². The first-order chi connectivity index (χ1) is 5.70. The largest absolute Gasteiger partial charge is 0.478 e. The van der Waals surface area contributed by atoms with E-state index in [0.29, 0.717) is 5.30 Å². The van der Waals surface area contributed by atoms with Crippen LogP contribution in [-0.4, -0.2) is 17.2 Å². The van der Waals surface area contributed by atoms with E-state index in [2.05, 4.69) is 0 Å². The van der Waals surface area contributed by atoms with Crippen LogP contribution in [0.1, 0.15) is 0 Å². The number of aliphatic carboxylic acids is 1.